The molecular formula is C25H28N3O4+. The molecule has 1 spiro atoms. The van der Waals surface area contributed by atoms with Crippen molar-refractivity contribution in [1.82, 2.24) is 4.90 Å². The molecule has 2 heterocycles. The van der Waals surface area contributed by atoms with Gasteiger partial charge in [-0.3, -0.25) is 14.4 Å². The van der Waals surface area contributed by atoms with Crippen molar-refractivity contribution in [2.75, 3.05) is 38.6 Å². The van der Waals surface area contributed by atoms with Gasteiger partial charge in [-0.1, -0.05) is 48.5 Å². The van der Waals surface area contributed by atoms with Gasteiger partial charge in [-0.2, -0.15) is 0 Å². The number of carbonyl (C=O) groups excluding carboxylic acids is 3. The lowest BCUT2D eigenvalue weighted by atomic mass is 9.82. The SMILES string of the molecule is CCN1C(=O)C2(C(=C(O)c3ccccc3)C(=O)C(=O)N2CCC[NH+](C)C)c2ccccc21. The lowest BCUT2D eigenvalue weighted by Gasteiger charge is -2.34. The second-order valence-corrected chi connectivity index (χ2v) is 8.46. The number of likely N-dealkylation sites (N-methyl/N-ethyl adjacent to an activating group) is 1. The Kier molecular flexibility index (Phi) is 5.60. The summed E-state index contributed by atoms with van der Waals surface area (Å²) in [5.74, 6) is -2.29. The molecule has 2 aromatic carbocycles. The number of rotatable bonds is 6. The standard InChI is InChI=1S/C25H27N3O4/c1-4-27-19-14-9-8-13-18(19)25(24(27)32)20(21(29)17-11-6-5-7-12-17)22(30)23(31)28(25)16-10-15-26(2)3/h5-9,11-14,29H,4,10,15-16H2,1-3H3/p+1. The summed E-state index contributed by atoms with van der Waals surface area (Å²) in [5.41, 5.74) is -0.213. The van der Waals surface area contributed by atoms with Crippen LogP contribution in [-0.4, -0.2) is 61.3 Å². The number of Topliss-reactive ketones (excluding diaryl/α,β-unsaturated/α-hetero) is 1. The number of hydrogen-bond donors (Lipinski definition) is 2. The summed E-state index contributed by atoms with van der Waals surface area (Å²) < 4.78 is 0. The van der Waals surface area contributed by atoms with Gasteiger partial charge in [0.1, 0.15) is 5.76 Å². The van der Waals surface area contributed by atoms with Gasteiger partial charge in [0.05, 0.1) is 31.9 Å². The number of anilines is 1. The van der Waals surface area contributed by atoms with E-state index in [0.717, 1.165) is 6.54 Å². The van der Waals surface area contributed by atoms with Crippen LogP contribution in [0.2, 0.25) is 0 Å². The van der Waals surface area contributed by atoms with E-state index in [1.54, 1.807) is 47.4 Å². The van der Waals surface area contributed by atoms with E-state index in [4.69, 9.17) is 0 Å². The van der Waals surface area contributed by atoms with Crippen LogP contribution in [0.15, 0.2) is 60.2 Å². The number of hydrogen-bond acceptors (Lipinski definition) is 4. The minimum atomic E-state index is -1.66. The van der Waals surface area contributed by atoms with Crippen LogP contribution in [0, 0.1) is 0 Å². The summed E-state index contributed by atoms with van der Waals surface area (Å²) in [7, 11) is 4.02. The van der Waals surface area contributed by atoms with E-state index in [-0.39, 0.29) is 23.8 Å². The lowest BCUT2D eigenvalue weighted by molar-refractivity contribution is -0.858. The number of likely N-dealkylation sites (tertiary alicyclic amines) is 1. The molecule has 4 rings (SSSR count). The van der Waals surface area contributed by atoms with Gasteiger partial charge in [-0.15, -0.1) is 0 Å². The average molecular weight is 435 g/mol. The molecule has 0 aliphatic carbocycles. The molecule has 1 saturated heterocycles. The Labute approximate surface area is 187 Å². The second kappa shape index (κ2) is 8.24. The van der Waals surface area contributed by atoms with Crippen molar-refractivity contribution in [3.8, 4) is 0 Å². The Morgan fingerprint density at radius 1 is 1.00 bits per heavy atom. The second-order valence-electron chi connectivity index (χ2n) is 8.46. The highest BCUT2D eigenvalue weighted by atomic mass is 16.3. The third kappa shape index (κ3) is 3.04. The maximum Gasteiger partial charge on any atom is 0.296 e. The van der Waals surface area contributed by atoms with Crippen molar-refractivity contribution in [2.24, 2.45) is 0 Å². The lowest BCUT2D eigenvalue weighted by Crippen LogP contribution is -3.05. The summed E-state index contributed by atoms with van der Waals surface area (Å²) >= 11 is 0. The monoisotopic (exact) mass is 434 g/mol. The Morgan fingerprint density at radius 2 is 1.66 bits per heavy atom. The quantitative estimate of drug-likeness (QED) is 0.406. The van der Waals surface area contributed by atoms with Crippen LogP contribution >= 0.6 is 0 Å². The molecule has 0 radical (unpaired) electrons. The van der Waals surface area contributed by atoms with Gasteiger partial charge in [0.2, 0.25) is 0 Å². The van der Waals surface area contributed by atoms with Gasteiger partial charge in [0, 0.05) is 30.6 Å². The first-order valence-corrected chi connectivity index (χ1v) is 10.9. The number of aliphatic hydroxyl groups excluding tert-OH is 1. The van der Waals surface area contributed by atoms with Gasteiger partial charge in [0.15, 0.2) is 5.54 Å². The number of aliphatic hydroxyl groups is 1. The number of nitrogens with zero attached hydrogens (tertiary/aromatic N) is 2. The average Bonchev–Trinajstić information content (AvgIpc) is 3.17. The Balaban J connectivity index is 2.00. The predicted molar refractivity (Wildman–Crippen MR) is 121 cm³/mol. The van der Waals surface area contributed by atoms with Crippen molar-refractivity contribution in [3.63, 3.8) is 0 Å². The highest BCUT2D eigenvalue weighted by Crippen LogP contribution is 2.53. The first kappa shape index (κ1) is 21.8. The van der Waals surface area contributed by atoms with Gasteiger partial charge < -0.3 is 19.8 Å². The molecule has 0 saturated carbocycles. The zero-order valence-corrected chi connectivity index (χ0v) is 18.6. The van der Waals surface area contributed by atoms with E-state index in [1.165, 1.54) is 9.80 Å². The number of carbonyl (C=O) groups is 3. The minimum Gasteiger partial charge on any atom is -0.507 e. The largest absolute Gasteiger partial charge is 0.507 e. The summed E-state index contributed by atoms with van der Waals surface area (Å²) in [6.07, 6.45) is 0.615. The van der Waals surface area contributed by atoms with E-state index in [9.17, 15) is 19.5 Å². The van der Waals surface area contributed by atoms with Gasteiger partial charge >= 0.3 is 0 Å². The number of ketones is 1. The molecule has 2 aliphatic rings. The minimum absolute atomic E-state index is 0.153. The molecule has 2 aromatic rings. The van der Waals surface area contributed by atoms with Crippen molar-refractivity contribution >= 4 is 29.0 Å². The summed E-state index contributed by atoms with van der Waals surface area (Å²) in [4.78, 5) is 44.8. The highest BCUT2D eigenvalue weighted by Gasteiger charge is 2.66. The van der Waals surface area contributed by atoms with E-state index >= 15 is 0 Å². The Bertz CT molecular complexity index is 1110. The summed E-state index contributed by atoms with van der Waals surface area (Å²) in [6, 6.07) is 15.8. The first-order valence-electron chi connectivity index (χ1n) is 10.9. The van der Waals surface area contributed by atoms with Crippen LogP contribution in [-0.2, 0) is 19.9 Å². The van der Waals surface area contributed by atoms with Crippen molar-refractivity contribution in [2.45, 2.75) is 18.9 Å². The number of para-hydroxylation sites is 1. The smallest absolute Gasteiger partial charge is 0.296 e. The topological polar surface area (TPSA) is 82.4 Å². The van der Waals surface area contributed by atoms with Crippen molar-refractivity contribution in [1.29, 1.82) is 0 Å². The predicted octanol–water partition coefficient (Wildman–Crippen LogP) is 1.16. The van der Waals surface area contributed by atoms with E-state index in [1.807, 2.05) is 33.2 Å². The van der Waals surface area contributed by atoms with Gasteiger partial charge in [0.25, 0.3) is 17.6 Å². The molecule has 1 atom stereocenters. The first-order chi connectivity index (χ1) is 15.4. The maximum atomic E-state index is 14.0. The Hall–Kier alpha value is -3.45. The Morgan fingerprint density at radius 3 is 2.31 bits per heavy atom. The zero-order valence-electron chi connectivity index (χ0n) is 18.6. The van der Waals surface area contributed by atoms with Crippen molar-refractivity contribution in [3.05, 3.63) is 71.3 Å². The number of amides is 2. The molecule has 7 heteroatoms. The summed E-state index contributed by atoms with van der Waals surface area (Å²) in [6.45, 7) is 3.24. The fraction of sp³-hybridized carbons (Fsp3) is 0.320. The zero-order chi connectivity index (χ0) is 23.0. The molecule has 32 heavy (non-hydrogen) atoms. The molecule has 2 amide bonds. The number of fused-ring (bicyclic) bond motifs is 2. The summed E-state index contributed by atoms with van der Waals surface area (Å²) in [5, 5.41) is 11.3. The van der Waals surface area contributed by atoms with Crippen LogP contribution < -0.4 is 9.80 Å². The molecule has 0 aromatic heterocycles. The van der Waals surface area contributed by atoms with Crippen molar-refractivity contribution < 1.29 is 24.4 Å². The van der Waals surface area contributed by atoms with E-state index in [0.29, 0.717) is 29.8 Å². The molecule has 1 unspecified atom stereocenters. The number of quaternary nitrogens is 1. The molecule has 7 nitrogen and oxygen atoms in total. The van der Waals surface area contributed by atoms with Gasteiger partial charge in [-0.25, -0.2) is 0 Å². The van der Waals surface area contributed by atoms with Crippen LogP contribution in [0.3, 0.4) is 0 Å². The fourth-order valence-corrected chi connectivity index (χ4v) is 4.81. The van der Waals surface area contributed by atoms with E-state index < -0.39 is 17.2 Å². The number of benzene rings is 2. The highest BCUT2D eigenvalue weighted by molar-refractivity contribution is 6.50. The molecule has 166 valence electrons. The third-order valence-electron chi connectivity index (χ3n) is 6.23. The molecular weight excluding hydrogens is 406 g/mol. The molecule has 1 fully saturated rings. The molecule has 2 aliphatic heterocycles. The molecule has 2 N–H and O–H groups in total. The normalized spacial score (nSPS) is 21.8. The maximum absolute atomic E-state index is 14.0. The van der Waals surface area contributed by atoms with Crippen LogP contribution in [0.25, 0.3) is 5.76 Å². The molecule has 0 bridgehead atoms. The third-order valence-corrected chi connectivity index (χ3v) is 6.23. The van der Waals surface area contributed by atoms with Crippen LogP contribution in [0.5, 0.6) is 0 Å². The van der Waals surface area contributed by atoms with Crippen LogP contribution in [0.4, 0.5) is 5.69 Å². The van der Waals surface area contributed by atoms with Gasteiger partial charge in [-0.05, 0) is 13.0 Å². The fourth-order valence-electron chi connectivity index (χ4n) is 4.81. The van der Waals surface area contributed by atoms with E-state index in [2.05, 4.69) is 0 Å². The van der Waals surface area contributed by atoms with Crippen LogP contribution in [0.1, 0.15) is 24.5 Å². The number of nitrogens with one attached hydrogen (secondary N) is 1.